The van der Waals surface area contributed by atoms with Crippen molar-refractivity contribution in [2.24, 2.45) is 11.8 Å². The average Bonchev–Trinajstić information content (AvgIpc) is 3.03. The molecule has 2 fully saturated rings. The van der Waals surface area contributed by atoms with Crippen LogP contribution in [0.1, 0.15) is 51.4 Å². The van der Waals surface area contributed by atoms with E-state index in [1.54, 1.807) is 0 Å². The molecule has 0 unspecified atom stereocenters. The molecule has 1 N–H and O–H groups in total. The number of rotatable bonds is 6. The molecule has 1 atom stereocenters. The van der Waals surface area contributed by atoms with E-state index in [2.05, 4.69) is 5.32 Å². The standard InChI is InChI=1S/C14H23NO3/c1-18-14(17)12(8-11-6-7-11)15-13(16)9-10-4-2-3-5-10/h10-12H,2-9H2,1H3,(H,15,16)/t12-/m1/s1. The maximum Gasteiger partial charge on any atom is 0.328 e. The lowest BCUT2D eigenvalue weighted by Crippen LogP contribution is -2.42. The first-order chi connectivity index (χ1) is 8.69. The molecule has 2 aliphatic rings. The molecule has 0 heterocycles. The number of carbonyl (C=O) groups is 2. The molecule has 0 aromatic rings. The first kappa shape index (κ1) is 13.4. The third-order valence-electron chi connectivity index (χ3n) is 4.04. The van der Waals surface area contributed by atoms with Gasteiger partial charge in [0.1, 0.15) is 6.04 Å². The van der Waals surface area contributed by atoms with Gasteiger partial charge in [0.15, 0.2) is 0 Å². The van der Waals surface area contributed by atoms with E-state index in [-0.39, 0.29) is 11.9 Å². The van der Waals surface area contributed by atoms with E-state index in [0.29, 0.717) is 18.3 Å². The Morgan fingerprint density at radius 2 is 1.83 bits per heavy atom. The molecule has 18 heavy (non-hydrogen) atoms. The Balaban J connectivity index is 1.78. The second-order valence-electron chi connectivity index (χ2n) is 5.68. The maximum absolute atomic E-state index is 11.9. The van der Waals surface area contributed by atoms with Crippen molar-refractivity contribution in [3.8, 4) is 0 Å². The summed E-state index contributed by atoms with van der Waals surface area (Å²) in [5.41, 5.74) is 0. The summed E-state index contributed by atoms with van der Waals surface area (Å²) in [6.45, 7) is 0. The van der Waals surface area contributed by atoms with Crippen molar-refractivity contribution in [2.75, 3.05) is 7.11 Å². The van der Waals surface area contributed by atoms with Gasteiger partial charge in [-0.15, -0.1) is 0 Å². The van der Waals surface area contributed by atoms with E-state index < -0.39 is 6.04 Å². The van der Waals surface area contributed by atoms with Crippen molar-refractivity contribution in [1.29, 1.82) is 0 Å². The Labute approximate surface area is 108 Å². The largest absolute Gasteiger partial charge is 0.467 e. The van der Waals surface area contributed by atoms with E-state index in [9.17, 15) is 9.59 Å². The molecule has 2 aliphatic carbocycles. The van der Waals surface area contributed by atoms with Crippen LogP contribution in [-0.4, -0.2) is 25.0 Å². The molecule has 0 radical (unpaired) electrons. The van der Waals surface area contributed by atoms with E-state index in [4.69, 9.17) is 4.74 Å². The van der Waals surface area contributed by atoms with E-state index in [1.807, 2.05) is 0 Å². The molecular weight excluding hydrogens is 230 g/mol. The fourth-order valence-corrected chi connectivity index (χ4v) is 2.77. The van der Waals surface area contributed by atoms with Crippen LogP contribution in [0.25, 0.3) is 0 Å². The number of esters is 1. The molecule has 0 aromatic heterocycles. The molecule has 0 bridgehead atoms. The lowest BCUT2D eigenvalue weighted by atomic mass is 10.0. The van der Waals surface area contributed by atoms with Crippen LogP contribution in [0.3, 0.4) is 0 Å². The second kappa shape index (κ2) is 6.21. The van der Waals surface area contributed by atoms with Crippen LogP contribution in [0.15, 0.2) is 0 Å². The smallest absolute Gasteiger partial charge is 0.328 e. The molecular formula is C14H23NO3. The van der Waals surface area contributed by atoms with Crippen molar-refractivity contribution in [3.05, 3.63) is 0 Å². The van der Waals surface area contributed by atoms with E-state index >= 15 is 0 Å². The van der Waals surface area contributed by atoms with Gasteiger partial charge in [-0.1, -0.05) is 25.7 Å². The highest BCUT2D eigenvalue weighted by molar-refractivity contribution is 5.84. The average molecular weight is 253 g/mol. The quantitative estimate of drug-likeness (QED) is 0.737. The number of amides is 1. The molecule has 1 amide bonds. The maximum atomic E-state index is 11.9. The zero-order valence-corrected chi connectivity index (χ0v) is 11.1. The van der Waals surface area contributed by atoms with Crippen LogP contribution in [0.4, 0.5) is 0 Å². The Hall–Kier alpha value is -1.06. The van der Waals surface area contributed by atoms with Gasteiger partial charge in [0.25, 0.3) is 0 Å². The highest BCUT2D eigenvalue weighted by atomic mass is 16.5. The molecule has 0 spiro atoms. The lowest BCUT2D eigenvalue weighted by Gasteiger charge is -2.17. The topological polar surface area (TPSA) is 55.4 Å². The number of hydrogen-bond acceptors (Lipinski definition) is 3. The van der Waals surface area contributed by atoms with Gasteiger partial charge in [-0.25, -0.2) is 4.79 Å². The summed E-state index contributed by atoms with van der Waals surface area (Å²) in [6, 6.07) is -0.434. The lowest BCUT2D eigenvalue weighted by molar-refractivity contribution is -0.145. The molecule has 0 aromatic carbocycles. The van der Waals surface area contributed by atoms with Gasteiger partial charge in [-0.05, 0) is 31.1 Å². The molecule has 0 saturated heterocycles. The number of methoxy groups -OCH3 is 1. The van der Waals surface area contributed by atoms with Gasteiger partial charge in [-0.2, -0.15) is 0 Å². The van der Waals surface area contributed by atoms with Gasteiger partial charge in [0.2, 0.25) is 5.91 Å². The minimum absolute atomic E-state index is 0.0120. The minimum Gasteiger partial charge on any atom is -0.467 e. The summed E-state index contributed by atoms with van der Waals surface area (Å²) in [5, 5.41) is 2.85. The third kappa shape index (κ3) is 4.00. The summed E-state index contributed by atoms with van der Waals surface area (Å²) in [7, 11) is 1.38. The van der Waals surface area contributed by atoms with Crippen LogP contribution in [0.5, 0.6) is 0 Å². The van der Waals surface area contributed by atoms with Crippen LogP contribution in [-0.2, 0) is 14.3 Å². The SMILES string of the molecule is COC(=O)[C@@H](CC1CC1)NC(=O)CC1CCCC1. The highest BCUT2D eigenvalue weighted by Crippen LogP contribution is 2.34. The van der Waals surface area contributed by atoms with Crippen LogP contribution in [0.2, 0.25) is 0 Å². The predicted molar refractivity (Wildman–Crippen MR) is 67.9 cm³/mol. The summed E-state index contributed by atoms with van der Waals surface area (Å²) in [5.74, 6) is 0.824. The monoisotopic (exact) mass is 253 g/mol. The first-order valence-electron chi connectivity index (χ1n) is 7.06. The summed E-state index contributed by atoms with van der Waals surface area (Å²) >= 11 is 0. The Morgan fingerprint density at radius 3 is 2.39 bits per heavy atom. The van der Waals surface area contributed by atoms with Crippen molar-refractivity contribution >= 4 is 11.9 Å². The number of carbonyl (C=O) groups excluding carboxylic acids is 2. The van der Waals surface area contributed by atoms with Gasteiger partial charge in [-0.3, -0.25) is 4.79 Å². The fourth-order valence-electron chi connectivity index (χ4n) is 2.77. The van der Waals surface area contributed by atoms with Gasteiger partial charge in [0, 0.05) is 6.42 Å². The molecule has 2 saturated carbocycles. The predicted octanol–water partition coefficient (Wildman–Crippen LogP) is 2.02. The van der Waals surface area contributed by atoms with Gasteiger partial charge >= 0.3 is 5.97 Å². The van der Waals surface area contributed by atoms with E-state index in [1.165, 1.54) is 32.8 Å². The Bertz CT molecular complexity index is 306. The van der Waals surface area contributed by atoms with Crippen molar-refractivity contribution in [3.63, 3.8) is 0 Å². The fraction of sp³-hybridized carbons (Fsp3) is 0.857. The van der Waals surface area contributed by atoms with E-state index in [0.717, 1.165) is 19.3 Å². The molecule has 4 nitrogen and oxygen atoms in total. The highest BCUT2D eigenvalue weighted by Gasteiger charge is 2.31. The third-order valence-corrected chi connectivity index (χ3v) is 4.04. The zero-order valence-electron chi connectivity index (χ0n) is 11.1. The molecule has 0 aliphatic heterocycles. The summed E-state index contributed by atoms with van der Waals surface area (Å²) in [6.07, 6.45) is 8.43. The second-order valence-corrected chi connectivity index (χ2v) is 5.68. The first-order valence-corrected chi connectivity index (χ1v) is 7.06. The zero-order chi connectivity index (χ0) is 13.0. The number of ether oxygens (including phenoxy) is 1. The molecule has 102 valence electrons. The Morgan fingerprint density at radius 1 is 1.17 bits per heavy atom. The number of hydrogen-bond donors (Lipinski definition) is 1. The Kier molecular flexibility index (Phi) is 4.61. The van der Waals surface area contributed by atoms with Gasteiger partial charge < -0.3 is 10.1 Å². The summed E-state index contributed by atoms with van der Waals surface area (Å²) < 4.78 is 4.76. The van der Waals surface area contributed by atoms with Crippen LogP contribution in [0, 0.1) is 11.8 Å². The minimum atomic E-state index is -0.434. The van der Waals surface area contributed by atoms with Crippen molar-refractivity contribution < 1.29 is 14.3 Å². The molecule has 4 heteroatoms. The van der Waals surface area contributed by atoms with Crippen molar-refractivity contribution in [2.45, 2.75) is 57.4 Å². The van der Waals surface area contributed by atoms with Crippen molar-refractivity contribution in [1.82, 2.24) is 5.32 Å². The van der Waals surface area contributed by atoms with Gasteiger partial charge in [0.05, 0.1) is 7.11 Å². The normalized spacial score (nSPS) is 21.6. The van der Waals surface area contributed by atoms with Crippen LogP contribution < -0.4 is 5.32 Å². The summed E-state index contributed by atoms with van der Waals surface area (Å²) in [4.78, 5) is 23.5. The molecule has 2 rings (SSSR count). The number of nitrogens with one attached hydrogen (secondary N) is 1. The van der Waals surface area contributed by atoms with Crippen LogP contribution >= 0.6 is 0 Å².